The predicted octanol–water partition coefficient (Wildman–Crippen LogP) is 3.38. The maximum Gasteiger partial charge on any atom is 0.282 e. The number of amides is 2. The number of nitrogens with zero attached hydrogens (tertiary/aromatic N) is 2. The molecule has 0 radical (unpaired) electrons. The summed E-state index contributed by atoms with van der Waals surface area (Å²) < 4.78 is 17.5. The summed E-state index contributed by atoms with van der Waals surface area (Å²) in [4.78, 5) is 28.0. The lowest BCUT2D eigenvalue weighted by Crippen LogP contribution is -2.38. The molecule has 0 saturated carbocycles. The van der Waals surface area contributed by atoms with Crippen LogP contribution in [0.3, 0.4) is 0 Å². The standard InChI is InChI=1S/C26H31N3O5.ClH/c1-3-14-33-23-10-9-20(24(19(23)2)34-17-13-28-11-15-32-16-12-28)18-22-25(30)27-29(26(22)31)21-7-5-4-6-8-21;/h4-10,18H,3,11-17H2,1-2H3,(H,27,30);1H/b22-18+;. The molecular weight excluding hydrogens is 470 g/mol. The average Bonchev–Trinajstić information content (AvgIpc) is 3.14. The van der Waals surface area contributed by atoms with Crippen LogP contribution in [-0.4, -0.2) is 62.8 Å². The van der Waals surface area contributed by atoms with Crippen LogP contribution in [-0.2, 0) is 14.3 Å². The zero-order valence-corrected chi connectivity index (χ0v) is 20.9. The van der Waals surface area contributed by atoms with Crippen molar-refractivity contribution in [3.63, 3.8) is 0 Å². The van der Waals surface area contributed by atoms with E-state index in [1.54, 1.807) is 18.2 Å². The van der Waals surface area contributed by atoms with Gasteiger partial charge < -0.3 is 14.2 Å². The number of ether oxygens (including phenoxy) is 3. The largest absolute Gasteiger partial charge is 0.493 e. The second kappa shape index (κ2) is 12.6. The average molecular weight is 502 g/mol. The highest BCUT2D eigenvalue weighted by Crippen LogP contribution is 2.34. The third-order valence-corrected chi connectivity index (χ3v) is 5.81. The van der Waals surface area contributed by atoms with E-state index >= 15 is 0 Å². The monoisotopic (exact) mass is 501 g/mol. The molecule has 2 heterocycles. The molecule has 4 rings (SSSR count). The highest BCUT2D eigenvalue weighted by Gasteiger charge is 2.34. The highest BCUT2D eigenvalue weighted by molar-refractivity contribution is 6.31. The van der Waals surface area contributed by atoms with Gasteiger partial charge in [-0.05, 0) is 43.7 Å². The quantitative estimate of drug-likeness (QED) is 0.419. The van der Waals surface area contributed by atoms with Crippen molar-refractivity contribution in [1.29, 1.82) is 0 Å². The molecule has 35 heavy (non-hydrogen) atoms. The minimum Gasteiger partial charge on any atom is -0.493 e. The van der Waals surface area contributed by atoms with E-state index in [2.05, 4.69) is 17.2 Å². The van der Waals surface area contributed by atoms with Gasteiger partial charge in [0, 0.05) is 30.8 Å². The fourth-order valence-electron chi connectivity index (χ4n) is 3.94. The molecule has 1 N–H and O–H groups in total. The number of nitrogens with one attached hydrogen (secondary N) is 1. The Morgan fingerprint density at radius 3 is 2.49 bits per heavy atom. The topological polar surface area (TPSA) is 80.3 Å². The van der Waals surface area contributed by atoms with Crippen molar-refractivity contribution in [2.45, 2.75) is 20.3 Å². The summed E-state index contributed by atoms with van der Waals surface area (Å²) >= 11 is 0. The maximum absolute atomic E-state index is 13.0. The Morgan fingerprint density at radius 2 is 1.77 bits per heavy atom. The lowest BCUT2D eigenvalue weighted by molar-refractivity contribution is -0.117. The summed E-state index contributed by atoms with van der Waals surface area (Å²) in [6.07, 6.45) is 2.49. The number of halogens is 1. The summed E-state index contributed by atoms with van der Waals surface area (Å²) in [5.74, 6) is 0.503. The zero-order chi connectivity index (χ0) is 23.9. The van der Waals surface area contributed by atoms with Crippen LogP contribution in [0.5, 0.6) is 11.5 Å². The van der Waals surface area contributed by atoms with Crippen LogP contribution >= 0.6 is 12.4 Å². The van der Waals surface area contributed by atoms with Crippen LogP contribution < -0.4 is 19.9 Å². The molecule has 9 heteroatoms. The van der Waals surface area contributed by atoms with Gasteiger partial charge in [-0.2, -0.15) is 0 Å². The molecule has 0 bridgehead atoms. The second-order valence-corrected chi connectivity index (χ2v) is 8.23. The number of hydrogen-bond donors (Lipinski definition) is 1. The van der Waals surface area contributed by atoms with Crippen molar-refractivity contribution >= 4 is 36.0 Å². The highest BCUT2D eigenvalue weighted by atomic mass is 35.5. The Morgan fingerprint density at radius 1 is 1.03 bits per heavy atom. The summed E-state index contributed by atoms with van der Waals surface area (Å²) in [6.45, 7) is 9.04. The molecule has 2 aromatic rings. The molecule has 188 valence electrons. The van der Waals surface area contributed by atoms with E-state index in [4.69, 9.17) is 14.2 Å². The van der Waals surface area contributed by atoms with Gasteiger partial charge in [-0.15, -0.1) is 12.4 Å². The van der Waals surface area contributed by atoms with Gasteiger partial charge >= 0.3 is 0 Å². The van der Waals surface area contributed by atoms with Gasteiger partial charge in [0.25, 0.3) is 11.8 Å². The molecule has 2 fully saturated rings. The number of benzene rings is 2. The first-order chi connectivity index (χ1) is 16.6. The van der Waals surface area contributed by atoms with E-state index in [0.29, 0.717) is 30.2 Å². The van der Waals surface area contributed by atoms with Gasteiger partial charge in [0.2, 0.25) is 0 Å². The molecule has 0 aromatic heterocycles. The molecule has 2 saturated heterocycles. The van der Waals surface area contributed by atoms with Crippen LogP contribution in [0, 0.1) is 6.92 Å². The lowest BCUT2D eigenvalue weighted by Gasteiger charge is -2.26. The van der Waals surface area contributed by atoms with Gasteiger partial charge in [-0.3, -0.25) is 19.9 Å². The fraction of sp³-hybridized carbons (Fsp3) is 0.385. The number of carbonyl (C=O) groups excluding carboxylic acids is 2. The molecule has 2 aliphatic rings. The van der Waals surface area contributed by atoms with Crippen molar-refractivity contribution in [2.75, 3.05) is 51.1 Å². The Balaban J connectivity index is 0.00000342. The van der Waals surface area contributed by atoms with Crippen molar-refractivity contribution in [3.05, 3.63) is 59.2 Å². The van der Waals surface area contributed by atoms with Crippen molar-refractivity contribution in [3.8, 4) is 11.5 Å². The van der Waals surface area contributed by atoms with Crippen molar-refractivity contribution < 1.29 is 23.8 Å². The number of carbonyl (C=O) groups is 2. The van der Waals surface area contributed by atoms with Crippen molar-refractivity contribution in [2.24, 2.45) is 0 Å². The third kappa shape index (κ3) is 6.33. The van der Waals surface area contributed by atoms with Crippen LogP contribution in [0.1, 0.15) is 24.5 Å². The minimum absolute atomic E-state index is 0. The molecule has 8 nitrogen and oxygen atoms in total. The molecule has 0 atom stereocenters. The minimum atomic E-state index is -0.447. The molecule has 2 aromatic carbocycles. The molecule has 0 aliphatic carbocycles. The van der Waals surface area contributed by atoms with E-state index in [1.807, 2.05) is 37.3 Å². The SMILES string of the molecule is CCCOc1ccc(/C=C2\C(=O)NN(c3ccccc3)C2=O)c(OCCN2CCOCC2)c1C.Cl. The van der Waals surface area contributed by atoms with Gasteiger partial charge in [0.05, 0.1) is 25.5 Å². The van der Waals surface area contributed by atoms with E-state index in [9.17, 15) is 9.59 Å². The Hall–Kier alpha value is -3.07. The normalized spacial score (nSPS) is 17.3. The Kier molecular flexibility index (Phi) is 9.54. The first-order valence-electron chi connectivity index (χ1n) is 11.7. The van der Waals surface area contributed by atoms with Gasteiger partial charge in [-0.1, -0.05) is 25.1 Å². The summed E-state index contributed by atoms with van der Waals surface area (Å²) in [5, 5.41) is 1.26. The van der Waals surface area contributed by atoms with E-state index in [0.717, 1.165) is 50.6 Å². The molecule has 0 unspecified atom stereocenters. The number of morpholine rings is 1. The smallest absolute Gasteiger partial charge is 0.282 e. The lowest BCUT2D eigenvalue weighted by atomic mass is 10.0. The van der Waals surface area contributed by atoms with Crippen molar-refractivity contribution in [1.82, 2.24) is 10.3 Å². The van der Waals surface area contributed by atoms with E-state index in [1.165, 1.54) is 5.01 Å². The number of hydrogen-bond acceptors (Lipinski definition) is 6. The van der Waals surface area contributed by atoms with Crippen LogP contribution in [0.25, 0.3) is 6.08 Å². The molecule has 2 amide bonds. The predicted molar refractivity (Wildman–Crippen MR) is 137 cm³/mol. The molecule has 2 aliphatic heterocycles. The number of anilines is 1. The summed E-state index contributed by atoms with van der Waals surface area (Å²) in [6, 6.07) is 12.7. The Labute approximate surface area is 212 Å². The van der Waals surface area contributed by atoms with Crippen LogP contribution in [0.4, 0.5) is 5.69 Å². The first kappa shape index (κ1) is 26.5. The first-order valence-corrected chi connectivity index (χ1v) is 11.7. The third-order valence-electron chi connectivity index (χ3n) is 5.81. The van der Waals surface area contributed by atoms with E-state index in [-0.39, 0.29) is 18.0 Å². The second-order valence-electron chi connectivity index (χ2n) is 8.23. The summed E-state index contributed by atoms with van der Waals surface area (Å²) in [7, 11) is 0. The zero-order valence-electron chi connectivity index (χ0n) is 20.1. The van der Waals surface area contributed by atoms with Gasteiger partial charge in [0.15, 0.2) is 0 Å². The van der Waals surface area contributed by atoms with E-state index < -0.39 is 11.8 Å². The van der Waals surface area contributed by atoms with Gasteiger partial charge in [0.1, 0.15) is 23.7 Å². The van der Waals surface area contributed by atoms with Crippen LogP contribution in [0.15, 0.2) is 48.0 Å². The molecular formula is C26H32ClN3O5. The van der Waals surface area contributed by atoms with Crippen LogP contribution in [0.2, 0.25) is 0 Å². The summed E-state index contributed by atoms with van der Waals surface area (Å²) in [5.41, 5.74) is 4.81. The maximum atomic E-state index is 13.0. The van der Waals surface area contributed by atoms with Gasteiger partial charge in [-0.25, -0.2) is 5.01 Å². The fourth-order valence-corrected chi connectivity index (χ4v) is 3.94. The Bertz CT molecular complexity index is 1050. The number of rotatable bonds is 9. The number of hydrazine groups is 1. The number of para-hydroxylation sites is 1. The molecule has 0 spiro atoms.